The van der Waals surface area contributed by atoms with Crippen LogP contribution >= 0.6 is 15.9 Å². The number of aryl methyl sites for hydroxylation is 1. The third kappa shape index (κ3) is 4.42. The highest BCUT2D eigenvalue weighted by Crippen LogP contribution is 2.34. The Morgan fingerprint density at radius 2 is 2.00 bits per heavy atom. The van der Waals surface area contributed by atoms with Crippen molar-refractivity contribution in [2.45, 2.75) is 13.0 Å². The molecular weight excluding hydrogens is 482 g/mol. The number of aliphatic hydroxyl groups is 1. The number of hydrogen-bond donors (Lipinski definition) is 3. The summed E-state index contributed by atoms with van der Waals surface area (Å²) in [6.45, 7) is 0.932. The molecule has 0 aliphatic carbocycles. The van der Waals surface area contributed by atoms with E-state index < -0.39 is 47.5 Å². The second-order valence-electron chi connectivity index (χ2n) is 6.40. The monoisotopic (exact) mass is 496 g/mol. The van der Waals surface area contributed by atoms with Gasteiger partial charge in [-0.15, -0.1) is 0 Å². The van der Waals surface area contributed by atoms with Crippen molar-refractivity contribution < 1.29 is 37.7 Å². The number of carbonyl (C=O) groups is 2. The predicted octanol–water partition coefficient (Wildman–Crippen LogP) is 3.60. The Balaban J connectivity index is 1.95. The standard InChI is InChI=1S/C20H15BrF2N2O6/c1-8-6-9(2-3-10(8)20(28)29)16-17(21)31-19(25-16)13(7-26)30-12-5-4-11(22)14(15(12)23)18(24)27/h2-6,13,26H,7H2,1H3,(H2,24,27)(H,28,29). The molecule has 3 aromatic rings. The fourth-order valence-electron chi connectivity index (χ4n) is 2.85. The van der Waals surface area contributed by atoms with Gasteiger partial charge >= 0.3 is 5.97 Å². The minimum absolute atomic E-state index is 0.122. The van der Waals surface area contributed by atoms with E-state index in [0.717, 1.165) is 12.1 Å². The molecule has 0 saturated carbocycles. The fourth-order valence-corrected chi connectivity index (χ4v) is 3.34. The molecule has 4 N–H and O–H groups in total. The molecule has 0 aliphatic heterocycles. The van der Waals surface area contributed by atoms with Crippen molar-refractivity contribution in [3.63, 3.8) is 0 Å². The number of aromatic nitrogens is 1. The normalized spacial score (nSPS) is 11.9. The number of rotatable bonds is 7. The van der Waals surface area contributed by atoms with Crippen LogP contribution in [-0.4, -0.2) is 33.7 Å². The van der Waals surface area contributed by atoms with E-state index in [4.69, 9.17) is 20.0 Å². The summed E-state index contributed by atoms with van der Waals surface area (Å²) < 4.78 is 39.1. The molecule has 1 atom stereocenters. The van der Waals surface area contributed by atoms with Crippen molar-refractivity contribution in [2.75, 3.05) is 6.61 Å². The number of nitrogens with zero attached hydrogens (tertiary/aromatic N) is 1. The lowest BCUT2D eigenvalue weighted by Crippen LogP contribution is -2.18. The number of carboxylic acid groups (broad SMARTS) is 1. The molecule has 0 spiro atoms. The van der Waals surface area contributed by atoms with Crippen LogP contribution in [0.1, 0.15) is 38.3 Å². The largest absolute Gasteiger partial charge is 0.478 e. The first-order valence-corrected chi connectivity index (χ1v) is 9.49. The lowest BCUT2D eigenvalue weighted by molar-refractivity contribution is 0.0695. The van der Waals surface area contributed by atoms with E-state index in [0.29, 0.717) is 11.1 Å². The predicted molar refractivity (Wildman–Crippen MR) is 107 cm³/mol. The van der Waals surface area contributed by atoms with Gasteiger partial charge in [-0.2, -0.15) is 0 Å². The van der Waals surface area contributed by atoms with Crippen molar-refractivity contribution in [1.82, 2.24) is 4.98 Å². The maximum absolute atomic E-state index is 14.4. The molecule has 162 valence electrons. The van der Waals surface area contributed by atoms with Gasteiger partial charge < -0.3 is 25.1 Å². The number of aromatic carboxylic acids is 1. The van der Waals surface area contributed by atoms with Crippen molar-refractivity contribution in [1.29, 1.82) is 0 Å². The van der Waals surface area contributed by atoms with Crippen LogP contribution in [-0.2, 0) is 0 Å². The van der Waals surface area contributed by atoms with E-state index in [-0.39, 0.29) is 21.8 Å². The quantitative estimate of drug-likeness (QED) is 0.454. The molecule has 2 aromatic carbocycles. The molecule has 1 amide bonds. The third-order valence-corrected chi connectivity index (χ3v) is 4.88. The summed E-state index contributed by atoms with van der Waals surface area (Å²) >= 11 is 3.20. The number of hydrogen-bond acceptors (Lipinski definition) is 6. The fraction of sp³-hybridized carbons (Fsp3) is 0.150. The Labute approximate surface area is 182 Å². The number of nitrogens with two attached hydrogens (primary N) is 1. The number of carbonyl (C=O) groups excluding carboxylic acids is 1. The Hall–Kier alpha value is -3.31. The molecule has 0 fully saturated rings. The number of aliphatic hydroxyl groups excluding tert-OH is 1. The first-order chi connectivity index (χ1) is 14.6. The molecule has 1 heterocycles. The van der Waals surface area contributed by atoms with Crippen molar-refractivity contribution in [2.24, 2.45) is 5.73 Å². The number of halogens is 3. The van der Waals surface area contributed by atoms with Gasteiger partial charge in [0.1, 0.15) is 17.1 Å². The number of carboxylic acids is 1. The topological polar surface area (TPSA) is 136 Å². The van der Waals surface area contributed by atoms with Gasteiger partial charge in [-0.05, 0) is 52.7 Å². The SMILES string of the molecule is Cc1cc(-c2nc(C(CO)Oc3ccc(F)c(C(N)=O)c3F)oc2Br)ccc1C(=O)O. The third-order valence-electron chi connectivity index (χ3n) is 4.35. The minimum Gasteiger partial charge on any atom is -0.478 e. The second kappa shape index (κ2) is 8.82. The highest BCUT2D eigenvalue weighted by Gasteiger charge is 2.26. The summed E-state index contributed by atoms with van der Waals surface area (Å²) in [4.78, 5) is 26.7. The van der Waals surface area contributed by atoms with E-state index in [1.54, 1.807) is 13.0 Å². The van der Waals surface area contributed by atoms with E-state index >= 15 is 0 Å². The Kier molecular flexibility index (Phi) is 6.37. The van der Waals surface area contributed by atoms with Crippen LogP contribution in [0.25, 0.3) is 11.3 Å². The molecule has 8 nitrogen and oxygen atoms in total. The summed E-state index contributed by atoms with van der Waals surface area (Å²) in [7, 11) is 0. The molecule has 0 radical (unpaired) electrons. The minimum atomic E-state index is -1.32. The van der Waals surface area contributed by atoms with Gasteiger partial charge in [-0.25, -0.2) is 18.6 Å². The highest BCUT2D eigenvalue weighted by atomic mass is 79.9. The Morgan fingerprint density at radius 1 is 1.29 bits per heavy atom. The van der Waals surface area contributed by atoms with E-state index in [9.17, 15) is 23.5 Å². The van der Waals surface area contributed by atoms with E-state index in [1.807, 2.05) is 0 Å². The lowest BCUT2D eigenvalue weighted by atomic mass is 10.0. The van der Waals surface area contributed by atoms with Gasteiger partial charge in [0, 0.05) is 5.56 Å². The van der Waals surface area contributed by atoms with Gasteiger partial charge in [-0.3, -0.25) is 4.79 Å². The summed E-state index contributed by atoms with van der Waals surface area (Å²) in [5, 5.41) is 18.8. The highest BCUT2D eigenvalue weighted by molar-refractivity contribution is 9.10. The Bertz CT molecular complexity index is 1180. The zero-order valence-corrected chi connectivity index (χ0v) is 17.4. The average molecular weight is 497 g/mol. The molecule has 1 unspecified atom stereocenters. The van der Waals surface area contributed by atoms with Crippen LogP contribution in [0.3, 0.4) is 0 Å². The average Bonchev–Trinajstić information content (AvgIpc) is 3.08. The molecule has 11 heteroatoms. The zero-order chi connectivity index (χ0) is 22.9. The lowest BCUT2D eigenvalue weighted by Gasteiger charge is -2.15. The molecule has 3 rings (SSSR count). The molecule has 31 heavy (non-hydrogen) atoms. The first-order valence-electron chi connectivity index (χ1n) is 8.69. The summed E-state index contributed by atoms with van der Waals surface area (Å²) in [5.74, 6) is -5.55. The van der Waals surface area contributed by atoms with Crippen LogP contribution < -0.4 is 10.5 Å². The smallest absolute Gasteiger partial charge is 0.335 e. The summed E-state index contributed by atoms with van der Waals surface area (Å²) in [6.07, 6.45) is -1.30. The van der Waals surface area contributed by atoms with Gasteiger partial charge in [0.25, 0.3) is 5.91 Å². The molecular formula is C20H15BrF2N2O6. The maximum atomic E-state index is 14.4. The van der Waals surface area contributed by atoms with Gasteiger partial charge in [0.2, 0.25) is 5.89 Å². The number of amides is 1. The summed E-state index contributed by atoms with van der Waals surface area (Å²) in [5.41, 5.74) is 5.43. The molecule has 0 bridgehead atoms. The zero-order valence-electron chi connectivity index (χ0n) is 15.9. The second-order valence-corrected chi connectivity index (χ2v) is 7.12. The Morgan fingerprint density at radius 3 is 2.58 bits per heavy atom. The number of primary amides is 1. The van der Waals surface area contributed by atoms with Crippen LogP contribution in [0, 0.1) is 18.6 Å². The van der Waals surface area contributed by atoms with Crippen LogP contribution in [0.5, 0.6) is 5.75 Å². The van der Waals surface area contributed by atoms with Crippen LogP contribution in [0.4, 0.5) is 8.78 Å². The van der Waals surface area contributed by atoms with E-state index in [1.165, 1.54) is 12.1 Å². The van der Waals surface area contributed by atoms with Crippen molar-refractivity contribution in [3.8, 4) is 17.0 Å². The van der Waals surface area contributed by atoms with Gasteiger partial charge in [0.05, 0.1) is 12.2 Å². The molecule has 0 saturated heterocycles. The van der Waals surface area contributed by atoms with Crippen LogP contribution in [0.2, 0.25) is 0 Å². The van der Waals surface area contributed by atoms with E-state index in [2.05, 4.69) is 20.9 Å². The number of oxazole rings is 1. The molecule has 0 aliphatic rings. The van der Waals surface area contributed by atoms with Crippen LogP contribution in [0.15, 0.2) is 39.4 Å². The van der Waals surface area contributed by atoms with Gasteiger partial charge in [-0.1, -0.05) is 6.07 Å². The summed E-state index contributed by atoms with van der Waals surface area (Å²) in [6, 6.07) is 6.26. The maximum Gasteiger partial charge on any atom is 0.335 e. The van der Waals surface area contributed by atoms with Crippen molar-refractivity contribution in [3.05, 3.63) is 69.2 Å². The van der Waals surface area contributed by atoms with Gasteiger partial charge in [0.15, 0.2) is 22.3 Å². The number of benzene rings is 2. The van der Waals surface area contributed by atoms with Crippen molar-refractivity contribution >= 4 is 27.8 Å². The molecule has 1 aromatic heterocycles. The number of ether oxygens (including phenoxy) is 1. The first kappa shape index (κ1) is 22.4.